The maximum Gasteiger partial charge on any atom is 0.134 e. The maximum atomic E-state index is 4.37. The summed E-state index contributed by atoms with van der Waals surface area (Å²) in [6, 6.07) is 10.5. The largest absolute Gasteiger partial charge is 0.373 e. The molecule has 1 aromatic carbocycles. The highest BCUT2D eigenvalue weighted by Crippen LogP contribution is 2.21. The van der Waals surface area contributed by atoms with Crippen LogP contribution in [-0.2, 0) is 12.8 Å². The third-order valence-electron chi connectivity index (χ3n) is 3.23. The van der Waals surface area contributed by atoms with E-state index in [0.717, 1.165) is 37.4 Å². The molecule has 0 aliphatic carbocycles. The molecule has 0 aliphatic heterocycles. The molecule has 0 saturated carbocycles. The second-order valence-electron chi connectivity index (χ2n) is 4.71. The van der Waals surface area contributed by atoms with Gasteiger partial charge in [0.2, 0.25) is 0 Å². The predicted octanol–water partition coefficient (Wildman–Crippen LogP) is 3.13. The third-order valence-corrected chi connectivity index (χ3v) is 3.23. The zero-order valence-electron chi connectivity index (χ0n) is 12.2. The van der Waals surface area contributed by atoms with Gasteiger partial charge in [0.1, 0.15) is 18.0 Å². The number of hydrogen-bond donors (Lipinski definition) is 2. The molecule has 0 amide bonds. The molecule has 4 nitrogen and oxygen atoms in total. The van der Waals surface area contributed by atoms with Crippen molar-refractivity contribution in [3.63, 3.8) is 0 Å². The van der Waals surface area contributed by atoms with Gasteiger partial charge in [-0.05, 0) is 18.4 Å². The van der Waals surface area contributed by atoms with Crippen LogP contribution in [0.5, 0.6) is 0 Å². The first-order valence-electron chi connectivity index (χ1n) is 7.14. The fraction of sp³-hybridized carbons (Fsp3) is 0.375. The van der Waals surface area contributed by atoms with Crippen LogP contribution in [-0.4, -0.2) is 23.6 Å². The Morgan fingerprint density at radius 1 is 1.00 bits per heavy atom. The highest BCUT2D eigenvalue weighted by atomic mass is 15.1. The van der Waals surface area contributed by atoms with Gasteiger partial charge in [-0.25, -0.2) is 9.97 Å². The summed E-state index contributed by atoms with van der Waals surface area (Å²) in [4.78, 5) is 8.66. The van der Waals surface area contributed by atoms with E-state index in [4.69, 9.17) is 0 Å². The number of anilines is 2. The molecule has 1 heterocycles. The fourth-order valence-corrected chi connectivity index (χ4v) is 2.24. The highest BCUT2D eigenvalue weighted by molar-refractivity contribution is 5.57. The Labute approximate surface area is 120 Å². The Kier molecular flexibility index (Phi) is 5.35. The van der Waals surface area contributed by atoms with Gasteiger partial charge in [-0.3, -0.25) is 0 Å². The summed E-state index contributed by atoms with van der Waals surface area (Å²) in [6.45, 7) is 3.04. The zero-order valence-corrected chi connectivity index (χ0v) is 12.2. The average Bonchev–Trinajstić information content (AvgIpc) is 2.50. The van der Waals surface area contributed by atoms with Gasteiger partial charge in [-0.2, -0.15) is 0 Å². The molecule has 2 aromatic rings. The SMILES string of the molecule is CCCc1c(NC)ncnc1NCCc1ccccc1. The third kappa shape index (κ3) is 3.70. The van der Waals surface area contributed by atoms with E-state index in [-0.39, 0.29) is 0 Å². The van der Waals surface area contributed by atoms with Gasteiger partial charge in [-0.1, -0.05) is 43.7 Å². The molecule has 4 heteroatoms. The molecular weight excluding hydrogens is 248 g/mol. The molecule has 0 saturated heterocycles. The van der Waals surface area contributed by atoms with Crippen molar-refractivity contribution in [3.05, 3.63) is 47.8 Å². The number of benzene rings is 1. The predicted molar refractivity (Wildman–Crippen MR) is 84.2 cm³/mol. The first-order valence-corrected chi connectivity index (χ1v) is 7.14. The molecule has 0 atom stereocenters. The molecule has 2 rings (SSSR count). The number of rotatable bonds is 7. The van der Waals surface area contributed by atoms with Crippen LogP contribution in [0.4, 0.5) is 11.6 Å². The quantitative estimate of drug-likeness (QED) is 0.811. The van der Waals surface area contributed by atoms with E-state index in [0.29, 0.717) is 0 Å². The molecule has 0 unspecified atom stereocenters. The Balaban J connectivity index is 2.01. The molecule has 0 aliphatic rings. The standard InChI is InChI=1S/C16H22N4/c1-3-7-14-15(17-2)19-12-20-16(14)18-11-10-13-8-5-4-6-9-13/h4-6,8-9,12H,3,7,10-11H2,1-2H3,(H2,17,18,19,20). The van der Waals surface area contributed by atoms with E-state index in [1.54, 1.807) is 6.33 Å². The molecule has 20 heavy (non-hydrogen) atoms. The van der Waals surface area contributed by atoms with E-state index >= 15 is 0 Å². The normalized spacial score (nSPS) is 10.3. The summed E-state index contributed by atoms with van der Waals surface area (Å²) in [5.74, 6) is 1.87. The van der Waals surface area contributed by atoms with Crippen LogP contribution >= 0.6 is 0 Å². The van der Waals surface area contributed by atoms with Gasteiger partial charge in [0.05, 0.1) is 0 Å². The lowest BCUT2D eigenvalue weighted by Gasteiger charge is -2.13. The first-order chi connectivity index (χ1) is 9.85. The minimum absolute atomic E-state index is 0.876. The van der Waals surface area contributed by atoms with Crippen molar-refractivity contribution >= 4 is 11.6 Å². The van der Waals surface area contributed by atoms with Crippen molar-refractivity contribution < 1.29 is 0 Å². The average molecular weight is 270 g/mol. The Hall–Kier alpha value is -2.10. The van der Waals surface area contributed by atoms with Crippen LogP contribution in [0.2, 0.25) is 0 Å². The lowest BCUT2D eigenvalue weighted by Crippen LogP contribution is -2.11. The maximum absolute atomic E-state index is 4.37. The molecule has 0 radical (unpaired) electrons. The molecule has 2 N–H and O–H groups in total. The minimum Gasteiger partial charge on any atom is -0.373 e. The number of hydrogen-bond acceptors (Lipinski definition) is 4. The van der Waals surface area contributed by atoms with Crippen molar-refractivity contribution in [1.82, 2.24) is 9.97 Å². The number of nitrogens with zero attached hydrogens (tertiary/aromatic N) is 2. The Morgan fingerprint density at radius 2 is 1.75 bits per heavy atom. The fourth-order valence-electron chi connectivity index (χ4n) is 2.24. The van der Waals surface area contributed by atoms with Crippen LogP contribution in [0.1, 0.15) is 24.5 Å². The molecule has 1 aromatic heterocycles. The first kappa shape index (κ1) is 14.3. The molecule has 0 bridgehead atoms. The summed E-state index contributed by atoms with van der Waals surface area (Å²) in [5.41, 5.74) is 2.51. The summed E-state index contributed by atoms with van der Waals surface area (Å²) in [5, 5.41) is 6.57. The second kappa shape index (κ2) is 7.48. The van der Waals surface area contributed by atoms with Crippen molar-refractivity contribution in [2.75, 3.05) is 24.2 Å². The smallest absolute Gasteiger partial charge is 0.134 e. The van der Waals surface area contributed by atoms with Crippen LogP contribution in [0.25, 0.3) is 0 Å². The van der Waals surface area contributed by atoms with E-state index in [1.807, 2.05) is 13.1 Å². The molecular formula is C16H22N4. The van der Waals surface area contributed by atoms with Gasteiger partial charge in [0.25, 0.3) is 0 Å². The summed E-state index contributed by atoms with van der Waals surface area (Å²) in [6.07, 6.45) is 4.65. The van der Waals surface area contributed by atoms with Crippen molar-refractivity contribution in [2.45, 2.75) is 26.2 Å². The lowest BCUT2D eigenvalue weighted by atomic mass is 10.1. The monoisotopic (exact) mass is 270 g/mol. The van der Waals surface area contributed by atoms with Gasteiger partial charge >= 0.3 is 0 Å². The summed E-state index contributed by atoms with van der Waals surface area (Å²) < 4.78 is 0. The number of aromatic nitrogens is 2. The summed E-state index contributed by atoms with van der Waals surface area (Å²) >= 11 is 0. The minimum atomic E-state index is 0.876. The lowest BCUT2D eigenvalue weighted by molar-refractivity contribution is 0.895. The van der Waals surface area contributed by atoms with Gasteiger partial charge in [-0.15, -0.1) is 0 Å². The molecule has 0 spiro atoms. The zero-order chi connectivity index (χ0) is 14.2. The van der Waals surface area contributed by atoms with E-state index < -0.39 is 0 Å². The Morgan fingerprint density at radius 3 is 2.45 bits per heavy atom. The van der Waals surface area contributed by atoms with Crippen LogP contribution < -0.4 is 10.6 Å². The Bertz CT molecular complexity index is 525. The van der Waals surface area contributed by atoms with Crippen LogP contribution in [0.15, 0.2) is 36.7 Å². The van der Waals surface area contributed by atoms with Gasteiger partial charge in [0, 0.05) is 19.2 Å². The number of nitrogens with one attached hydrogen (secondary N) is 2. The van der Waals surface area contributed by atoms with Crippen molar-refractivity contribution in [2.24, 2.45) is 0 Å². The van der Waals surface area contributed by atoms with Crippen molar-refractivity contribution in [1.29, 1.82) is 0 Å². The van der Waals surface area contributed by atoms with Gasteiger partial charge in [0.15, 0.2) is 0 Å². The van der Waals surface area contributed by atoms with E-state index in [1.165, 1.54) is 11.1 Å². The van der Waals surface area contributed by atoms with E-state index in [2.05, 4.69) is 51.8 Å². The second-order valence-corrected chi connectivity index (χ2v) is 4.71. The highest BCUT2D eigenvalue weighted by Gasteiger charge is 2.09. The van der Waals surface area contributed by atoms with Crippen molar-refractivity contribution in [3.8, 4) is 0 Å². The van der Waals surface area contributed by atoms with Gasteiger partial charge < -0.3 is 10.6 Å². The van der Waals surface area contributed by atoms with E-state index in [9.17, 15) is 0 Å². The molecule has 106 valence electrons. The topological polar surface area (TPSA) is 49.8 Å². The summed E-state index contributed by atoms with van der Waals surface area (Å²) in [7, 11) is 1.90. The van der Waals surface area contributed by atoms with Crippen LogP contribution in [0, 0.1) is 0 Å². The molecule has 0 fully saturated rings. The van der Waals surface area contributed by atoms with Crippen LogP contribution in [0.3, 0.4) is 0 Å².